The summed E-state index contributed by atoms with van der Waals surface area (Å²) in [7, 11) is 0. The summed E-state index contributed by atoms with van der Waals surface area (Å²) in [5.74, 6) is 0.804. The topological polar surface area (TPSA) is 72.6 Å². The van der Waals surface area contributed by atoms with Crippen molar-refractivity contribution in [1.82, 2.24) is 0 Å². The summed E-state index contributed by atoms with van der Waals surface area (Å²) in [6.07, 6.45) is 4.92. The molecule has 0 heterocycles. The van der Waals surface area contributed by atoms with Crippen molar-refractivity contribution < 1.29 is 14.8 Å². The van der Waals surface area contributed by atoms with E-state index in [4.69, 9.17) is 4.74 Å². The summed E-state index contributed by atoms with van der Waals surface area (Å²) in [5, 5.41) is 21.1. The van der Waals surface area contributed by atoms with E-state index in [2.05, 4.69) is 15.9 Å². The summed E-state index contributed by atoms with van der Waals surface area (Å²) in [5.41, 5.74) is 0.610. The molecule has 21 heavy (non-hydrogen) atoms. The largest absolute Gasteiger partial charge is 0.484 e. The predicted octanol–water partition coefficient (Wildman–Crippen LogP) is 3.99. The first-order chi connectivity index (χ1) is 9.97. The molecule has 2 rings (SSSR count). The molecule has 0 amide bonds. The van der Waals surface area contributed by atoms with Crippen LogP contribution in [-0.2, 0) is 0 Å². The smallest absolute Gasteiger partial charge is 0.312 e. The van der Waals surface area contributed by atoms with E-state index in [0.29, 0.717) is 22.4 Å². The Morgan fingerprint density at radius 2 is 2.14 bits per heavy atom. The molecule has 1 atom stereocenters. The van der Waals surface area contributed by atoms with Gasteiger partial charge in [-0.3, -0.25) is 10.1 Å². The van der Waals surface area contributed by atoms with Gasteiger partial charge in [-0.2, -0.15) is 0 Å². The fourth-order valence-corrected chi connectivity index (χ4v) is 3.47. The van der Waals surface area contributed by atoms with Crippen LogP contribution in [0, 0.1) is 23.0 Å². The lowest BCUT2D eigenvalue weighted by Crippen LogP contribution is -2.21. The van der Waals surface area contributed by atoms with Gasteiger partial charge in [-0.25, -0.2) is 0 Å². The molecule has 116 valence electrons. The first kappa shape index (κ1) is 16.2. The van der Waals surface area contributed by atoms with E-state index in [0.717, 1.165) is 12.8 Å². The number of halogens is 1. The van der Waals surface area contributed by atoms with Crippen LogP contribution in [0.2, 0.25) is 0 Å². The first-order valence-electron chi connectivity index (χ1n) is 7.22. The molecule has 1 aliphatic rings. The van der Waals surface area contributed by atoms with Crippen molar-refractivity contribution in [3.63, 3.8) is 0 Å². The summed E-state index contributed by atoms with van der Waals surface area (Å²) >= 11 is 3.24. The standard InChI is InChI=1S/C15H20BrNO4/c1-10-6-12(16)8-14(17(19)20)15(10)21-9-13(18)7-11-4-2-3-5-11/h6,8,11,13,18H,2-5,7,9H2,1H3. The molecule has 1 saturated carbocycles. The average Bonchev–Trinajstić information content (AvgIpc) is 2.89. The first-order valence-corrected chi connectivity index (χ1v) is 8.02. The van der Waals surface area contributed by atoms with Gasteiger partial charge in [0.15, 0.2) is 5.75 Å². The molecule has 1 aromatic rings. The zero-order valence-electron chi connectivity index (χ0n) is 12.0. The van der Waals surface area contributed by atoms with Crippen LogP contribution in [0.3, 0.4) is 0 Å². The van der Waals surface area contributed by atoms with Gasteiger partial charge in [0.2, 0.25) is 0 Å². The third-order valence-corrected chi connectivity index (χ3v) is 4.37. The minimum absolute atomic E-state index is 0.0741. The van der Waals surface area contributed by atoms with Crippen molar-refractivity contribution in [1.29, 1.82) is 0 Å². The Balaban J connectivity index is 2.00. The van der Waals surface area contributed by atoms with Crippen LogP contribution >= 0.6 is 15.9 Å². The second-order valence-electron chi connectivity index (χ2n) is 5.68. The SMILES string of the molecule is Cc1cc(Br)cc([N+](=O)[O-])c1OCC(O)CC1CCCC1. The molecule has 1 aliphatic carbocycles. The van der Waals surface area contributed by atoms with E-state index < -0.39 is 11.0 Å². The van der Waals surface area contributed by atoms with Gasteiger partial charge in [0.05, 0.1) is 11.0 Å². The van der Waals surface area contributed by atoms with Gasteiger partial charge in [-0.1, -0.05) is 41.6 Å². The molecular weight excluding hydrogens is 338 g/mol. The van der Waals surface area contributed by atoms with E-state index in [1.54, 1.807) is 13.0 Å². The number of aryl methyl sites for hydroxylation is 1. The Morgan fingerprint density at radius 1 is 1.48 bits per heavy atom. The van der Waals surface area contributed by atoms with Crippen LogP contribution < -0.4 is 4.74 Å². The van der Waals surface area contributed by atoms with Crippen LogP contribution in [0.25, 0.3) is 0 Å². The molecule has 1 N–H and O–H groups in total. The number of ether oxygens (including phenoxy) is 1. The van der Waals surface area contributed by atoms with Crippen molar-refractivity contribution in [3.05, 3.63) is 32.3 Å². The average molecular weight is 358 g/mol. The minimum Gasteiger partial charge on any atom is -0.484 e. The Bertz CT molecular complexity index is 515. The quantitative estimate of drug-likeness (QED) is 0.617. The number of nitro groups is 1. The highest BCUT2D eigenvalue weighted by Crippen LogP contribution is 2.34. The summed E-state index contributed by atoms with van der Waals surface area (Å²) < 4.78 is 6.19. The zero-order valence-corrected chi connectivity index (χ0v) is 13.6. The minimum atomic E-state index is -0.573. The zero-order chi connectivity index (χ0) is 15.4. The van der Waals surface area contributed by atoms with E-state index in [9.17, 15) is 15.2 Å². The molecule has 1 aromatic carbocycles. The molecule has 0 spiro atoms. The maximum Gasteiger partial charge on any atom is 0.312 e. The van der Waals surface area contributed by atoms with Crippen molar-refractivity contribution >= 4 is 21.6 Å². The maximum absolute atomic E-state index is 11.1. The molecule has 0 aliphatic heterocycles. The number of aliphatic hydroxyl groups is 1. The number of aliphatic hydroxyl groups excluding tert-OH is 1. The van der Waals surface area contributed by atoms with Crippen LogP contribution in [0.15, 0.2) is 16.6 Å². The van der Waals surface area contributed by atoms with Crippen molar-refractivity contribution in [3.8, 4) is 5.75 Å². The highest BCUT2D eigenvalue weighted by atomic mass is 79.9. The molecule has 1 fully saturated rings. The Hall–Kier alpha value is -1.14. The molecule has 0 bridgehead atoms. The van der Waals surface area contributed by atoms with Crippen LogP contribution in [-0.4, -0.2) is 22.7 Å². The second-order valence-corrected chi connectivity index (χ2v) is 6.59. The number of benzene rings is 1. The number of nitro benzene ring substituents is 1. The lowest BCUT2D eigenvalue weighted by Gasteiger charge is -2.17. The van der Waals surface area contributed by atoms with Crippen molar-refractivity contribution in [2.75, 3.05) is 6.61 Å². The van der Waals surface area contributed by atoms with Crippen molar-refractivity contribution in [2.24, 2.45) is 5.92 Å². The molecule has 0 aromatic heterocycles. The van der Waals surface area contributed by atoms with E-state index in [1.807, 2.05) is 0 Å². The summed E-state index contributed by atoms with van der Waals surface area (Å²) in [6, 6.07) is 3.19. The second kappa shape index (κ2) is 7.22. The summed E-state index contributed by atoms with van der Waals surface area (Å²) in [4.78, 5) is 10.6. The third-order valence-electron chi connectivity index (χ3n) is 3.92. The fraction of sp³-hybridized carbons (Fsp3) is 0.600. The molecule has 5 nitrogen and oxygen atoms in total. The van der Waals surface area contributed by atoms with Crippen LogP contribution in [0.5, 0.6) is 5.75 Å². The lowest BCUT2D eigenvalue weighted by atomic mass is 10.0. The fourth-order valence-electron chi connectivity index (χ4n) is 2.91. The molecular formula is C15H20BrNO4. The highest BCUT2D eigenvalue weighted by molar-refractivity contribution is 9.10. The van der Waals surface area contributed by atoms with Gasteiger partial charge in [0.1, 0.15) is 6.61 Å². The number of hydrogen-bond acceptors (Lipinski definition) is 4. The highest BCUT2D eigenvalue weighted by Gasteiger charge is 2.22. The number of nitrogens with zero attached hydrogens (tertiary/aromatic N) is 1. The summed E-state index contributed by atoms with van der Waals surface area (Å²) in [6.45, 7) is 1.86. The van der Waals surface area contributed by atoms with Gasteiger partial charge in [0, 0.05) is 10.5 Å². The van der Waals surface area contributed by atoms with E-state index in [1.165, 1.54) is 18.9 Å². The molecule has 0 saturated heterocycles. The third kappa shape index (κ3) is 4.41. The molecule has 0 radical (unpaired) electrons. The maximum atomic E-state index is 11.1. The van der Waals surface area contributed by atoms with Gasteiger partial charge in [-0.15, -0.1) is 0 Å². The van der Waals surface area contributed by atoms with Gasteiger partial charge in [0.25, 0.3) is 0 Å². The molecule has 1 unspecified atom stereocenters. The normalized spacial score (nSPS) is 16.9. The van der Waals surface area contributed by atoms with Crippen LogP contribution in [0.1, 0.15) is 37.7 Å². The van der Waals surface area contributed by atoms with Gasteiger partial charge < -0.3 is 9.84 Å². The van der Waals surface area contributed by atoms with Crippen LogP contribution in [0.4, 0.5) is 5.69 Å². The van der Waals surface area contributed by atoms with E-state index in [-0.39, 0.29) is 18.0 Å². The monoisotopic (exact) mass is 357 g/mol. The van der Waals surface area contributed by atoms with E-state index >= 15 is 0 Å². The van der Waals surface area contributed by atoms with Crippen molar-refractivity contribution in [2.45, 2.75) is 45.1 Å². The predicted molar refractivity (Wildman–Crippen MR) is 83.6 cm³/mol. The Labute approximate surface area is 132 Å². The lowest BCUT2D eigenvalue weighted by molar-refractivity contribution is -0.386. The molecule has 6 heteroatoms. The number of rotatable bonds is 6. The Morgan fingerprint density at radius 3 is 2.76 bits per heavy atom. The van der Waals surface area contributed by atoms with Gasteiger partial charge >= 0.3 is 5.69 Å². The number of hydrogen-bond donors (Lipinski definition) is 1. The van der Waals surface area contributed by atoms with Gasteiger partial charge in [-0.05, 0) is 30.9 Å². The Kier molecular flexibility index (Phi) is 5.58.